The van der Waals surface area contributed by atoms with Crippen LogP contribution < -0.4 is 0 Å². The molecule has 12 heteroatoms. The highest BCUT2D eigenvalue weighted by Gasteiger charge is 2.27. The fraction of sp³-hybridized carbons (Fsp3) is 0.529. The molecule has 3 heterocycles. The lowest BCUT2D eigenvalue weighted by Gasteiger charge is -2.08. The van der Waals surface area contributed by atoms with E-state index in [0.29, 0.717) is 5.08 Å². The van der Waals surface area contributed by atoms with Crippen molar-refractivity contribution in [3.8, 4) is 0 Å². The van der Waals surface area contributed by atoms with Crippen molar-refractivity contribution in [3.63, 3.8) is 0 Å². The largest absolute Gasteiger partial charge is 0.292 e. The zero-order valence-corrected chi connectivity index (χ0v) is 17.7. The molecule has 2 aromatic heterocycles. The first-order valence-corrected chi connectivity index (χ1v) is 11.4. The van der Waals surface area contributed by atoms with Gasteiger partial charge in [-0.25, -0.2) is 9.36 Å². The van der Waals surface area contributed by atoms with Gasteiger partial charge in [0, 0.05) is 17.9 Å². The predicted octanol–water partition coefficient (Wildman–Crippen LogP) is 1.56. The molecule has 10 nitrogen and oxygen atoms in total. The number of aryl methyl sites for hydroxylation is 2. The van der Waals surface area contributed by atoms with Gasteiger partial charge in [0.25, 0.3) is 0 Å². The Morgan fingerprint density at radius 1 is 0.897 bits per heavy atom. The molecule has 0 atom stereocenters. The molecular formula is C17H20N6O4S2. The van der Waals surface area contributed by atoms with E-state index < -0.39 is 0 Å². The molecule has 0 saturated carbocycles. The number of fused-ring (bicyclic) bond motifs is 1. The summed E-state index contributed by atoms with van der Waals surface area (Å²) in [6, 6.07) is 0. The summed E-state index contributed by atoms with van der Waals surface area (Å²) in [6.45, 7) is 3.70. The lowest BCUT2D eigenvalue weighted by Crippen LogP contribution is -2.20. The third kappa shape index (κ3) is 4.47. The highest BCUT2D eigenvalue weighted by molar-refractivity contribution is 8.16. The van der Waals surface area contributed by atoms with E-state index in [0.717, 1.165) is 0 Å². The first-order chi connectivity index (χ1) is 14.0. The van der Waals surface area contributed by atoms with Gasteiger partial charge in [-0.05, 0) is 0 Å². The van der Waals surface area contributed by atoms with Gasteiger partial charge >= 0.3 is 0 Å². The van der Waals surface area contributed by atoms with Gasteiger partial charge in [0.05, 0.1) is 24.6 Å². The first kappa shape index (κ1) is 21.4. The summed E-state index contributed by atoms with van der Waals surface area (Å²) >= 11 is 2.89. The summed E-state index contributed by atoms with van der Waals surface area (Å²) in [5.41, 5.74) is 0.478. The average Bonchev–Trinajstić information content (AvgIpc) is 3.34. The van der Waals surface area contributed by atoms with Crippen LogP contribution in [0.3, 0.4) is 0 Å². The molecule has 1 aliphatic rings. The third-order valence-electron chi connectivity index (χ3n) is 4.33. The number of hydrogen-bond donors (Lipinski definition) is 0. The zero-order valence-electron chi connectivity index (χ0n) is 16.1. The van der Waals surface area contributed by atoms with Gasteiger partial charge in [0.2, 0.25) is 0 Å². The van der Waals surface area contributed by atoms with Gasteiger partial charge in [-0.1, -0.05) is 24.3 Å². The molecule has 0 radical (unpaired) electrons. The van der Waals surface area contributed by atoms with E-state index in [9.17, 15) is 19.2 Å². The van der Waals surface area contributed by atoms with Crippen LogP contribution in [0.4, 0.5) is 0 Å². The molecule has 3 rings (SSSR count). The van der Waals surface area contributed by atoms with Gasteiger partial charge in [-0.15, -0.1) is 33.7 Å². The summed E-state index contributed by atoms with van der Waals surface area (Å²) in [6.07, 6.45) is 0.420. The Hall–Kier alpha value is -2.34. The van der Waals surface area contributed by atoms with Crippen molar-refractivity contribution in [1.29, 1.82) is 0 Å². The number of thioether (sulfide) groups is 2. The van der Waals surface area contributed by atoms with E-state index in [1.165, 1.54) is 32.9 Å². The minimum Gasteiger partial charge on any atom is -0.292 e. The van der Waals surface area contributed by atoms with E-state index in [-0.39, 0.29) is 83.3 Å². The molecule has 0 bridgehead atoms. The topological polar surface area (TPSA) is 130 Å². The molecule has 154 valence electrons. The first-order valence-electron chi connectivity index (χ1n) is 9.13. The zero-order chi connectivity index (χ0) is 21.0. The standard InChI is InChI=1S/C17H20N6O4S2/c1-3-10(24)14-16(11(25)4-2)22(20-18-14)5-6-23-17-13(27)8-29-9-28-7-12(26)15(17)19-21-23/h3-9H2,1-2H3. The lowest BCUT2D eigenvalue weighted by molar-refractivity contribution is 0.0946. The maximum absolute atomic E-state index is 12.6. The van der Waals surface area contributed by atoms with Gasteiger partial charge < -0.3 is 0 Å². The highest BCUT2D eigenvalue weighted by atomic mass is 32.2. The summed E-state index contributed by atoms with van der Waals surface area (Å²) in [7, 11) is 0. The van der Waals surface area contributed by atoms with Gasteiger partial charge in [-0.2, -0.15) is 0 Å². The molecule has 0 aliphatic carbocycles. The summed E-state index contributed by atoms with van der Waals surface area (Å²) in [4.78, 5) is 49.4. The predicted molar refractivity (Wildman–Crippen MR) is 108 cm³/mol. The van der Waals surface area contributed by atoms with Crippen molar-refractivity contribution >= 4 is 46.7 Å². The number of carbonyl (C=O) groups excluding carboxylic acids is 4. The number of aromatic nitrogens is 6. The molecule has 2 aromatic rings. The van der Waals surface area contributed by atoms with Crippen LogP contribution in [0.15, 0.2) is 0 Å². The third-order valence-corrected chi connectivity index (χ3v) is 6.59. The molecule has 0 amide bonds. The summed E-state index contributed by atoms with van der Waals surface area (Å²) < 4.78 is 2.73. The Morgan fingerprint density at radius 3 is 2.21 bits per heavy atom. The van der Waals surface area contributed by atoms with Crippen LogP contribution in [0.25, 0.3) is 0 Å². The van der Waals surface area contributed by atoms with Gasteiger partial charge in [0.1, 0.15) is 11.4 Å². The average molecular weight is 437 g/mol. The monoisotopic (exact) mass is 436 g/mol. The number of rotatable bonds is 7. The molecule has 0 fully saturated rings. The van der Waals surface area contributed by atoms with Crippen LogP contribution in [0.2, 0.25) is 0 Å². The second kappa shape index (κ2) is 9.44. The van der Waals surface area contributed by atoms with Crippen molar-refractivity contribution in [1.82, 2.24) is 30.0 Å². The van der Waals surface area contributed by atoms with E-state index in [1.807, 2.05) is 0 Å². The Bertz CT molecular complexity index is 967. The highest BCUT2D eigenvalue weighted by Crippen LogP contribution is 2.21. The number of carbonyl (C=O) groups is 4. The molecule has 0 aromatic carbocycles. The normalized spacial score (nSPS) is 14.8. The van der Waals surface area contributed by atoms with Crippen LogP contribution in [0.1, 0.15) is 68.6 Å². The molecule has 29 heavy (non-hydrogen) atoms. The molecule has 0 saturated heterocycles. The maximum atomic E-state index is 12.6. The fourth-order valence-corrected chi connectivity index (χ4v) is 4.64. The van der Waals surface area contributed by atoms with Gasteiger partial charge in [0.15, 0.2) is 34.5 Å². The Morgan fingerprint density at radius 2 is 1.52 bits per heavy atom. The van der Waals surface area contributed by atoms with Crippen LogP contribution in [0, 0.1) is 0 Å². The van der Waals surface area contributed by atoms with E-state index in [1.54, 1.807) is 13.8 Å². The molecule has 0 unspecified atom stereocenters. The smallest absolute Gasteiger partial charge is 0.195 e. The second-order valence-electron chi connectivity index (χ2n) is 6.23. The molecular weight excluding hydrogens is 416 g/mol. The molecule has 0 spiro atoms. The minimum absolute atomic E-state index is 0.0597. The number of hydrogen-bond acceptors (Lipinski definition) is 10. The second-order valence-corrected chi connectivity index (χ2v) is 8.57. The SMILES string of the molecule is CCC(=O)c1nnn(CCn2nnc3c2C(=O)CSCSCC3=O)c1C(=O)CC. The Balaban J connectivity index is 1.90. The minimum atomic E-state index is -0.259. The quantitative estimate of drug-likeness (QED) is 0.589. The van der Waals surface area contributed by atoms with Crippen molar-refractivity contribution < 1.29 is 19.2 Å². The summed E-state index contributed by atoms with van der Waals surface area (Å²) in [5, 5.41) is 16.4. The van der Waals surface area contributed by atoms with Crippen molar-refractivity contribution in [2.75, 3.05) is 16.6 Å². The van der Waals surface area contributed by atoms with Crippen LogP contribution in [-0.4, -0.2) is 69.7 Å². The number of nitrogens with zero attached hydrogens (tertiary/aromatic N) is 6. The Kier molecular flexibility index (Phi) is 6.96. The summed E-state index contributed by atoms with van der Waals surface area (Å²) in [5.74, 6) is -0.463. The lowest BCUT2D eigenvalue weighted by atomic mass is 10.1. The van der Waals surface area contributed by atoms with Crippen molar-refractivity contribution in [2.24, 2.45) is 0 Å². The Labute approximate surface area is 175 Å². The number of Topliss-reactive ketones (excluding diaryl/α,β-unsaturated/α-hetero) is 4. The van der Waals surface area contributed by atoms with Crippen LogP contribution in [0.5, 0.6) is 0 Å². The van der Waals surface area contributed by atoms with E-state index in [2.05, 4.69) is 20.6 Å². The van der Waals surface area contributed by atoms with Crippen LogP contribution in [-0.2, 0) is 13.1 Å². The number of ketones is 4. The maximum Gasteiger partial charge on any atom is 0.195 e. The van der Waals surface area contributed by atoms with Crippen LogP contribution >= 0.6 is 23.5 Å². The molecule has 0 N–H and O–H groups in total. The molecule has 1 aliphatic heterocycles. The van der Waals surface area contributed by atoms with E-state index >= 15 is 0 Å². The van der Waals surface area contributed by atoms with E-state index in [4.69, 9.17) is 0 Å². The van der Waals surface area contributed by atoms with Gasteiger partial charge in [-0.3, -0.25) is 19.2 Å². The van der Waals surface area contributed by atoms with Crippen molar-refractivity contribution in [3.05, 3.63) is 22.8 Å². The fourth-order valence-electron chi connectivity index (χ4n) is 2.86. The van der Waals surface area contributed by atoms with Crippen molar-refractivity contribution in [2.45, 2.75) is 39.8 Å².